The van der Waals surface area contributed by atoms with Crippen LogP contribution in [0.2, 0.25) is 0 Å². The average Bonchev–Trinajstić information content (AvgIpc) is 2.34. The van der Waals surface area contributed by atoms with Crippen LogP contribution >= 0.6 is 9.47 Å². The molecule has 3 atom stereocenters. The third kappa shape index (κ3) is 2.28. The first kappa shape index (κ1) is 12.3. The summed E-state index contributed by atoms with van der Waals surface area (Å²) < 4.78 is 5.20. The van der Waals surface area contributed by atoms with E-state index in [1.165, 1.54) is 0 Å². The van der Waals surface area contributed by atoms with E-state index in [9.17, 15) is 10.2 Å². The van der Waals surface area contributed by atoms with Gasteiger partial charge in [-0.15, -0.1) is 0 Å². The van der Waals surface area contributed by atoms with Crippen LogP contribution in [-0.4, -0.2) is 23.0 Å². The molecule has 0 aromatic heterocycles. The second kappa shape index (κ2) is 5.02. The Morgan fingerprint density at radius 1 is 1.53 bits per heavy atom. The first-order valence-corrected chi connectivity index (χ1v) is 5.68. The fourth-order valence-corrected chi connectivity index (χ4v) is 2.13. The molecule has 0 fully saturated rings. The van der Waals surface area contributed by atoms with E-state index >= 15 is 0 Å². The van der Waals surface area contributed by atoms with E-state index in [2.05, 4.69) is 14.8 Å². The predicted molar refractivity (Wildman–Crippen MR) is 69.4 cm³/mol. The highest BCUT2D eigenvalue weighted by Crippen LogP contribution is 2.37. The van der Waals surface area contributed by atoms with Gasteiger partial charge in [-0.05, 0) is 17.7 Å². The monoisotopic (exact) mass is 254 g/mol. The van der Waals surface area contributed by atoms with Gasteiger partial charge >= 0.3 is 0 Å². The minimum Gasteiger partial charge on any atom is -0.506 e. The molecule has 2 unspecified atom stereocenters. The number of benzene rings is 1. The summed E-state index contributed by atoms with van der Waals surface area (Å²) in [5, 5.41) is 22.0. The van der Waals surface area contributed by atoms with Gasteiger partial charge in [0.15, 0.2) is 0 Å². The van der Waals surface area contributed by atoms with Gasteiger partial charge in [0, 0.05) is 21.6 Å². The van der Waals surface area contributed by atoms with Crippen LogP contribution in [-0.2, 0) is 4.52 Å². The largest absolute Gasteiger partial charge is 0.506 e. The van der Waals surface area contributed by atoms with Gasteiger partial charge in [-0.1, -0.05) is 12.1 Å². The molecule has 0 spiro atoms. The molecule has 17 heavy (non-hydrogen) atoms. The molecule has 92 valence electrons. The third-order valence-corrected chi connectivity index (χ3v) is 3.05. The van der Waals surface area contributed by atoms with Crippen molar-refractivity contribution in [2.24, 2.45) is 5.73 Å². The summed E-state index contributed by atoms with van der Waals surface area (Å²) in [4.78, 5) is 0. The zero-order valence-electron chi connectivity index (χ0n) is 9.13. The summed E-state index contributed by atoms with van der Waals surface area (Å²) in [5.41, 5.74) is 7.77. The van der Waals surface area contributed by atoms with Crippen molar-refractivity contribution >= 4 is 21.2 Å². The lowest BCUT2D eigenvalue weighted by Gasteiger charge is -2.24. The number of aromatic hydroxyl groups is 1. The van der Waals surface area contributed by atoms with Gasteiger partial charge in [0.2, 0.25) is 0 Å². The van der Waals surface area contributed by atoms with Crippen molar-refractivity contribution in [2.45, 2.75) is 12.3 Å². The molecule has 0 aliphatic carbocycles. The molecule has 0 saturated carbocycles. The zero-order valence-corrected chi connectivity index (χ0v) is 10.3. The van der Waals surface area contributed by atoms with Crippen LogP contribution in [0.3, 0.4) is 0 Å². The summed E-state index contributed by atoms with van der Waals surface area (Å²) >= 11 is 0. The van der Waals surface area contributed by atoms with E-state index in [1.54, 1.807) is 24.3 Å². The number of phenols is 1. The van der Waals surface area contributed by atoms with Gasteiger partial charge in [-0.3, -0.25) is 0 Å². The zero-order chi connectivity index (χ0) is 12.4. The Morgan fingerprint density at radius 2 is 2.29 bits per heavy atom. The van der Waals surface area contributed by atoms with Crippen molar-refractivity contribution in [2.75, 3.05) is 11.9 Å². The average molecular weight is 254 g/mol. The number of aliphatic hydroxyl groups is 1. The van der Waals surface area contributed by atoms with Crippen LogP contribution in [0.1, 0.15) is 17.2 Å². The lowest BCUT2D eigenvalue weighted by molar-refractivity contribution is 0.248. The Kier molecular flexibility index (Phi) is 3.64. The van der Waals surface area contributed by atoms with E-state index in [1.807, 2.05) is 0 Å². The Hall–Kier alpha value is -1.13. The molecule has 1 aromatic rings. The molecule has 6 heteroatoms. The number of fused-ring (bicyclic) bond motifs is 1. The first-order valence-electron chi connectivity index (χ1n) is 5.21. The van der Waals surface area contributed by atoms with Crippen molar-refractivity contribution in [3.05, 3.63) is 29.3 Å². The summed E-state index contributed by atoms with van der Waals surface area (Å²) in [6, 6.07) is 3.32. The Labute approximate surface area is 102 Å². The number of nitrogens with one attached hydrogen (secondary N) is 1. The normalized spacial score (nSPS) is 19.6. The van der Waals surface area contributed by atoms with Crippen molar-refractivity contribution in [3.63, 3.8) is 0 Å². The van der Waals surface area contributed by atoms with Crippen LogP contribution in [0.25, 0.3) is 6.08 Å². The quantitative estimate of drug-likeness (QED) is 0.476. The molecule has 1 aliphatic heterocycles. The van der Waals surface area contributed by atoms with Gasteiger partial charge in [0.1, 0.15) is 12.0 Å². The van der Waals surface area contributed by atoms with E-state index < -0.39 is 6.23 Å². The van der Waals surface area contributed by atoms with E-state index in [0.717, 1.165) is 11.1 Å². The maximum Gasteiger partial charge on any atom is 0.144 e. The number of rotatable bonds is 3. The molecule has 0 saturated heterocycles. The number of nitrogens with two attached hydrogens (primary N) is 1. The van der Waals surface area contributed by atoms with Gasteiger partial charge in [-0.2, -0.15) is 0 Å². The molecule has 5 N–H and O–H groups in total. The topological polar surface area (TPSA) is 87.7 Å². The van der Waals surface area contributed by atoms with Crippen LogP contribution in [0, 0.1) is 0 Å². The third-order valence-electron chi connectivity index (χ3n) is 2.72. The SMILES string of the molecule is NC[C@H](OP)c1ccc(O)c2c1C=CC(O)N2. The lowest BCUT2D eigenvalue weighted by Crippen LogP contribution is -2.21. The van der Waals surface area contributed by atoms with E-state index in [-0.39, 0.29) is 11.9 Å². The molecule has 0 bridgehead atoms. The molecular weight excluding hydrogens is 239 g/mol. The molecule has 1 aliphatic rings. The van der Waals surface area contributed by atoms with Gasteiger partial charge in [0.05, 0.1) is 11.8 Å². The van der Waals surface area contributed by atoms with Crippen molar-refractivity contribution in [1.82, 2.24) is 0 Å². The smallest absolute Gasteiger partial charge is 0.144 e. The number of hydrogen-bond donors (Lipinski definition) is 4. The fourth-order valence-electron chi connectivity index (χ4n) is 1.88. The van der Waals surface area contributed by atoms with Crippen LogP contribution < -0.4 is 11.1 Å². The standard InChI is InChI=1S/C11H15N2O3P/c12-5-9(16-17)6-1-3-8(14)11-7(6)2-4-10(15)13-11/h1-4,9-10,13-15H,5,12,17H2/t9-,10?/m0/s1. The van der Waals surface area contributed by atoms with Crippen molar-refractivity contribution in [1.29, 1.82) is 0 Å². The minimum atomic E-state index is -0.795. The van der Waals surface area contributed by atoms with E-state index in [4.69, 9.17) is 10.3 Å². The summed E-state index contributed by atoms with van der Waals surface area (Å²) in [6.45, 7) is 0.330. The molecule has 0 radical (unpaired) electrons. The number of anilines is 1. The van der Waals surface area contributed by atoms with Crippen molar-refractivity contribution in [3.8, 4) is 5.75 Å². The van der Waals surface area contributed by atoms with Gasteiger partial charge in [-0.25, -0.2) is 0 Å². The van der Waals surface area contributed by atoms with Gasteiger partial charge in [0.25, 0.3) is 0 Å². The molecule has 2 rings (SSSR count). The lowest BCUT2D eigenvalue weighted by atomic mass is 9.97. The summed E-state index contributed by atoms with van der Waals surface area (Å²) in [5.74, 6) is 0.0895. The minimum absolute atomic E-state index is 0.0895. The first-order chi connectivity index (χ1) is 8.17. The van der Waals surface area contributed by atoms with Crippen molar-refractivity contribution < 1.29 is 14.7 Å². The summed E-state index contributed by atoms with van der Waals surface area (Å²) in [6.07, 6.45) is 2.28. The number of hydrogen-bond acceptors (Lipinski definition) is 5. The highest BCUT2D eigenvalue weighted by molar-refractivity contribution is 7.09. The maximum absolute atomic E-state index is 9.74. The molecule has 0 amide bonds. The predicted octanol–water partition coefficient (Wildman–Crippen LogP) is 0.956. The van der Waals surface area contributed by atoms with Crippen LogP contribution in [0.4, 0.5) is 5.69 Å². The molecule has 1 heterocycles. The van der Waals surface area contributed by atoms with Gasteiger partial charge < -0.3 is 25.8 Å². The second-order valence-corrected chi connectivity index (χ2v) is 4.04. The Morgan fingerprint density at radius 3 is 2.94 bits per heavy atom. The second-order valence-electron chi connectivity index (χ2n) is 3.77. The Balaban J connectivity index is 2.51. The van der Waals surface area contributed by atoms with E-state index in [0.29, 0.717) is 12.2 Å². The number of aliphatic hydroxyl groups excluding tert-OH is 1. The molecule has 1 aromatic carbocycles. The number of phenolic OH excluding ortho intramolecular Hbond substituents is 1. The highest BCUT2D eigenvalue weighted by atomic mass is 31.0. The summed E-state index contributed by atoms with van der Waals surface area (Å²) in [7, 11) is 2.19. The van der Waals surface area contributed by atoms with Crippen LogP contribution in [0.5, 0.6) is 5.75 Å². The maximum atomic E-state index is 9.74. The van der Waals surface area contributed by atoms with Crippen LogP contribution in [0.15, 0.2) is 18.2 Å². The highest BCUT2D eigenvalue weighted by Gasteiger charge is 2.21. The molecular formula is C11H15N2O3P. The molecule has 5 nitrogen and oxygen atoms in total. The fraction of sp³-hybridized carbons (Fsp3) is 0.273. The Bertz CT molecular complexity index is 447.